The molecule has 0 radical (unpaired) electrons. The summed E-state index contributed by atoms with van der Waals surface area (Å²) < 4.78 is 5.31. The molecular formula is C42H39N3O2S. The highest BCUT2D eigenvalue weighted by Gasteiger charge is 2.48. The fourth-order valence-corrected chi connectivity index (χ4v) is 7.79. The molecule has 5 aromatic carbocycles. The van der Waals surface area contributed by atoms with Gasteiger partial charge in [0.15, 0.2) is 5.16 Å². The summed E-state index contributed by atoms with van der Waals surface area (Å²) in [6.45, 7) is 0.569. The van der Waals surface area contributed by atoms with E-state index in [1.165, 1.54) is 0 Å². The van der Waals surface area contributed by atoms with Gasteiger partial charge in [-0.15, -0.1) is 0 Å². The Morgan fingerprint density at radius 3 is 2.00 bits per heavy atom. The Labute approximate surface area is 286 Å². The van der Waals surface area contributed by atoms with Crippen LogP contribution in [0.2, 0.25) is 0 Å². The molecule has 7 rings (SSSR count). The molecule has 0 bridgehead atoms. The quantitative estimate of drug-likeness (QED) is 0.0967. The van der Waals surface area contributed by atoms with Gasteiger partial charge in [-0.2, -0.15) is 0 Å². The monoisotopic (exact) mass is 649 g/mol. The number of aromatic nitrogens is 2. The molecule has 0 spiro atoms. The van der Waals surface area contributed by atoms with Gasteiger partial charge < -0.3 is 15.0 Å². The number of H-pyrrole nitrogens is 1. The van der Waals surface area contributed by atoms with Crippen LogP contribution in [0, 0.1) is 0 Å². The first-order valence-electron chi connectivity index (χ1n) is 16.6. The van der Waals surface area contributed by atoms with Crippen LogP contribution in [0.15, 0.2) is 139 Å². The zero-order valence-electron chi connectivity index (χ0n) is 27.1. The van der Waals surface area contributed by atoms with Gasteiger partial charge in [0.1, 0.15) is 11.2 Å². The van der Waals surface area contributed by atoms with E-state index in [0.29, 0.717) is 6.54 Å². The Morgan fingerprint density at radius 2 is 1.35 bits per heavy atom. The molecule has 5 nitrogen and oxygen atoms in total. The fraction of sp³-hybridized carbons (Fsp3) is 0.190. The van der Waals surface area contributed by atoms with E-state index in [1.54, 1.807) is 18.9 Å². The molecule has 1 amide bonds. The molecule has 2 N–H and O–H groups in total. The zero-order valence-corrected chi connectivity index (χ0v) is 27.9. The van der Waals surface area contributed by atoms with Gasteiger partial charge in [-0.25, -0.2) is 4.98 Å². The lowest BCUT2D eigenvalue weighted by Crippen LogP contribution is -2.45. The van der Waals surface area contributed by atoms with Crippen molar-refractivity contribution in [3.8, 4) is 39.4 Å². The average molecular weight is 650 g/mol. The molecule has 1 aliphatic rings. The van der Waals surface area contributed by atoms with E-state index < -0.39 is 5.41 Å². The second-order valence-corrected chi connectivity index (χ2v) is 13.2. The molecule has 1 heterocycles. The van der Waals surface area contributed by atoms with Gasteiger partial charge in [-0.3, -0.25) is 4.79 Å². The predicted octanol–water partition coefficient (Wildman–Crippen LogP) is 9.34. The molecule has 0 saturated carbocycles. The van der Waals surface area contributed by atoms with Crippen molar-refractivity contribution in [1.29, 1.82) is 0 Å². The number of thioether (sulfide) groups is 1. The van der Waals surface area contributed by atoms with Crippen LogP contribution in [0.5, 0.6) is 5.75 Å². The van der Waals surface area contributed by atoms with Crippen molar-refractivity contribution in [3.63, 3.8) is 0 Å². The van der Waals surface area contributed by atoms with Gasteiger partial charge in [-0.1, -0.05) is 140 Å². The molecule has 0 fully saturated rings. The van der Waals surface area contributed by atoms with Crippen molar-refractivity contribution < 1.29 is 9.53 Å². The molecule has 6 aromatic rings. The zero-order chi connectivity index (χ0) is 32.8. The van der Waals surface area contributed by atoms with Crippen molar-refractivity contribution in [2.45, 2.75) is 36.3 Å². The number of nitrogens with zero attached hydrogens (tertiary/aromatic N) is 1. The minimum absolute atomic E-state index is 0.0760. The highest BCUT2D eigenvalue weighted by molar-refractivity contribution is 7.99. The lowest BCUT2D eigenvalue weighted by Gasteiger charge is -2.31. The van der Waals surface area contributed by atoms with Crippen LogP contribution in [0.3, 0.4) is 0 Å². The lowest BCUT2D eigenvalue weighted by atomic mass is 9.73. The van der Waals surface area contributed by atoms with Crippen molar-refractivity contribution in [1.82, 2.24) is 15.3 Å². The Morgan fingerprint density at radius 1 is 0.750 bits per heavy atom. The van der Waals surface area contributed by atoms with Crippen LogP contribution < -0.4 is 10.1 Å². The number of aromatic amines is 1. The maximum absolute atomic E-state index is 14.4. The van der Waals surface area contributed by atoms with Gasteiger partial charge in [-0.05, 0) is 59.2 Å². The van der Waals surface area contributed by atoms with Crippen LogP contribution in [0.4, 0.5) is 0 Å². The summed E-state index contributed by atoms with van der Waals surface area (Å²) in [6, 6.07) is 45.6. The summed E-state index contributed by atoms with van der Waals surface area (Å²) in [5, 5.41) is 4.25. The van der Waals surface area contributed by atoms with Crippen LogP contribution in [-0.2, 0) is 16.6 Å². The second kappa shape index (κ2) is 14.4. The lowest BCUT2D eigenvalue weighted by molar-refractivity contribution is -0.125. The summed E-state index contributed by atoms with van der Waals surface area (Å²) >= 11 is 1.74. The van der Waals surface area contributed by atoms with E-state index in [4.69, 9.17) is 9.72 Å². The molecule has 48 heavy (non-hydrogen) atoms. The number of nitrogens with one attached hydrogen (secondary N) is 2. The van der Waals surface area contributed by atoms with Crippen LogP contribution in [0.25, 0.3) is 33.6 Å². The minimum Gasteiger partial charge on any atom is -0.497 e. The standard InChI is InChI=1S/C42H39N3O2S/c1-47-33-24-22-30(23-25-33)26-28-43-40(46)42(36-20-10-8-18-34(36)35-19-9-11-21-37(35)42)27-12-13-29-48-41-44-38(31-14-4-2-5-15-31)39(45-41)32-16-6-3-7-17-32/h2-11,14-25H,12-13,26-29H2,1H3,(H,43,46)(H,44,45). The maximum Gasteiger partial charge on any atom is 0.235 e. The Balaban J connectivity index is 1.07. The van der Waals surface area contributed by atoms with Crippen molar-refractivity contribution in [2.75, 3.05) is 19.4 Å². The summed E-state index contributed by atoms with van der Waals surface area (Å²) in [7, 11) is 1.67. The number of amides is 1. The summed E-state index contributed by atoms with van der Waals surface area (Å²) in [4.78, 5) is 23.1. The van der Waals surface area contributed by atoms with Gasteiger partial charge >= 0.3 is 0 Å². The second-order valence-electron chi connectivity index (χ2n) is 12.2. The van der Waals surface area contributed by atoms with E-state index in [9.17, 15) is 4.79 Å². The van der Waals surface area contributed by atoms with E-state index in [0.717, 1.165) is 92.7 Å². The van der Waals surface area contributed by atoms with Crippen LogP contribution >= 0.6 is 11.8 Å². The first-order valence-corrected chi connectivity index (χ1v) is 17.6. The highest BCUT2D eigenvalue weighted by Crippen LogP contribution is 2.51. The molecule has 1 aromatic heterocycles. The summed E-state index contributed by atoms with van der Waals surface area (Å²) in [5.74, 6) is 1.81. The number of methoxy groups -OCH3 is 1. The number of benzene rings is 5. The largest absolute Gasteiger partial charge is 0.497 e. The summed E-state index contributed by atoms with van der Waals surface area (Å²) in [6.07, 6.45) is 3.35. The van der Waals surface area contributed by atoms with Gasteiger partial charge in [0, 0.05) is 23.4 Å². The van der Waals surface area contributed by atoms with E-state index in [-0.39, 0.29) is 5.91 Å². The summed E-state index contributed by atoms with van der Waals surface area (Å²) in [5.41, 5.74) is 9.17. The third-order valence-electron chi connectivity index (χ3n) is 9.29. The average Bonchev–Trinajstić information content (AvgIpc) is 3.71. The molecule has 0 unspecified atom stereocenters. The first-order chi connectivity index (χ1) is 23.7. The predicted molar refractivity (Wildman–Crippen MR) is 196 cm³/mol. The number of fused-ring (bicyclic) bond motifs is 3. The smallest absolute Gasteiger partial charge is 0.235 e. The Bertz CT molecular complexity index is 1890. The molecule has 0 atom stereocenters. The molecule has 1 aliphatic carbocycles. The third-order valence-corrected chi connectivity index (χ3v) is 10.2. The van der Waals surface area contributed by atoms with Crippen molar-refractivity contribution in [2.24, 2.45) is 0 Å². The maximum atomic E-state index is 14.4. The Hall–Kier alpha value is -5.07. The van der Waals surface area contributed by atoms with E-state index in [1.807, 2.05) is 24.3 Å². The van der Waals surface area contributed by atoms with E-state index >= 15 is 0 Å². The van der Waals surface area contributed by atoms with Crippen LogP contribution in [-0.4, -0.2) is 35.3 Å². The molecule has 240 valence electrons. The number of imidazole rings is 1. The van der Waals surface area contributed by atoms with E-state index in [2.05, 4.69) is 119 Å². The number of carbonyl (C=O) groups is 1. The number of ether oxygens (including phenoxy) is 1. The number of hydrogen-bond acceptors (Lipinski definition) is 4. The first kappa shape index (κ1) is 31.5. The van der Waals surface area contributed by atoms with Crippen molar-refractivity contribution in [3.05, 3.63) is 150 Å². The van der Waals surface area contributed by atoms with Gasteiger partial charge in [0.2, 0.25) is 5.91 Å². The number of rotatable bonds is 13. The molecule has 0 aliphatic heterocycles. The van der Waals surface area contributed by atoms with Gasteiger partial charge in [0.05, 0.1) is 18.5 Å². The topological polar surface area (TPSA) is 67.0 Å². The minimum atomic E-state index is -0.733. The Kier molecular flexibility index (Phi) is 9.43. The van der Waals surface area contributed by atoms with Gasteiger partial charge in [0.25, 0.3) is 0 Å². The normalized spacial score (nSPS) is 12.7. The number of carbonyl (C=O) groups excluding carboxylic acids is 1. The highest BCUT2D eigenvalue weighted by atomic mass is 32.2. The SMILES string of the molecule is COc1ccc(CCNC(=O)C2(CCCCSc3nc(-c4ccccc4)c(-c4ccccc4)[nH]3)c3ccccc3-c3ccccc32)cc1. The fourth-order valence-electron chi connectivity index (χ4n) is 6.92. The third kappa shape index (κ3) is 6.28. The molecular weight excluding hydrogens is 611 g/mol. The molecule has 6 heteroatoms. The number of hydrogen-bond donors (Lipinski definition) is 2. The molecule has 0 saturated heterocycles. The van der Waals surface area contributed by atoms with Crippen LogP contribution in [0.1, 0.15) is 36.0 Å². The number of unbranched alkanes of at least 4 members (excludes halogenated alkanes) is 1. The van der Waals surface area contributed by atoms with Crippen molar-refractivity contribution >= 4 is 17.7 Å².